The largest absolute Gasteiger partial charge is 0.313 e. The molecule has 3 heteroatoms. The fourth-order valence-electron chi connectivity index (χ4n) is 2.21. The fraction of sp³-hybridized carbons (Fsp3) is 0.625. The zero-order valence-electron chi connectivity index (χ0n) is 12.3. The van der Waals surface area contributed by atoms with Crippen molar-refractivity contribution in [2.45, 2.75) is 62.6 Å². The van der Waals surface area contributed by atoms with Crippen molar-refractivity contribution in [2.24, 2.45) is 0 Å². The average molecular weight is 300 g/mol. The van der Waals surface area contributed by atoms with Crippen molar-refractivity contribution in [3.05, 3.63) is 29.3 Å². The van der Waals surface area contributed by atoms with E-state index in [0.29, 0.717) is 11.3 Å². The normalized spacial score (nSPS) is 14.3. The van der Waals surface area contributed by atoms with Gasteiger partial charge in [-0.2, -0.15) is 0 Å². The third kappa shape index (κ3) is 5.76. The van der Waals surface area contributed by atoms with Gasteiger partial charge in [-0.05, 0) is 37.9 Å². The second-order valence-electron chi connectivity index (χ2n) is 4.84. The Morgan fingerprint density at radius 1 is 1.16 bits per heavy atom. The van der Waals surface area contributed by atoms with Gasteiger partial charge in [-0.1, -0.05) is 50.9 Å². The zero-order chi connectivity index (χ0) is 14.1. The highest BCUT2D eigenvalue weighted by molar-refractivity contribution is 8.00. The van der Waals surface area contributed by atoms with E-state index in [2.05, 4.69) is 38.2 Å². The number of hydrogen-bond donors (Lipinski definition) is 1. The van der Waals surface area contributed by atoms with Crippen molar-refractivity contribution in [1.29, 1.82) is 0 Å². The van der Waals surface area contributed by atoms with Crippen LogP contribution in [0.15, 0.2) is 29.2 Å². The molecule has 1 aromatic carbocycles. The Bertz CT molecular complexity index is 356. The molecule has 1 nitrogen and oxygen atoms in total. The van der Waals surface area contributed by atoms with Crippen molar-refractivity contribution < 1.29 is 0 Å². The standard InChI is InChI=1S/C16H26ClNS/c1-4-9-14(18-12-5-2)15(6-3)19-16-11-8-7-10-13(16)17/h7-8,10-11,14-15,18H,4-6,9,12H2,1-3H3. The van der Waals surface area contributed by atoms with Gasteiger partial charge >= 0.3 is 0 Å². The molecule has 1 aromatic rings. The first-order valence-electron chi connectivity index (χ1n) is 7.37. The molecule has 0 radical (unpaired) electrons. The lowest BCUT2D eigenvalue weighted by atomic mass is 10.1. The Labute approximate surface area is 127 Å². The van der Waals surface area contributed by atoms with E-state index >= 15 is 0 Å². The molecule has 0 amide bonds. The van der Waals surface area contributed by atoms with E-state index in [1.165, 1.54) is 24.2 Å². The van der Waals surface area contributed by atoms with Crippen molar-refractivity contribution in [3.63, 3.8) is 0 Å². The molecule has 108 valence electrons. The van der Waals surface area contributed by atoms with Crippen molar-refractivity contribution >= 4 is 23.4 Å². The minimum absolute atomic E-state index is 0.580. The summed E-state index contributed by atoms with van der Waals surface area (Å²) in [5.74, 6) is 0. The van der Waals surface area contributed by atoms with Crippen LogP contribution in [-0.4, -0.2) is 17.8 Å². The molecule has 0 saturated heterocycles. The Kier molecular flexibility index (Phi) is 8.60. The SMILES string of the molecule is CCCNC(CCC)C(CC)Sc1ccccc1Cl. The summed E-state index contributed by atoms with van der Waals surface area (Å²) < 4.78 is 0. The fourth-order valence-corrected chi connectivity index (χ4v) is 3.71. The second kappa shape index (κ2) is 9.68. The predicted octanol–water partition coefficient (Wildman–Crippen LogP) is 5.38. The van der Waals surface area contributed by atoms with E-state index in [0.717, 1.165) is 18.0 Å². The van der Waals surface area contributed by atoms with Crippen LogP contribution < -0.4 is 5.32 Å². The minimum Gasteiger partial charge on any atom is -0.313 e. The van der Waals surface area contributed by atoms with Crippen LogP contribution in [0, 0.1) is 0 Å². The number of thioether (sulfide) groups is 1. The first-order chi connectivity index (χ1) is 9.22. The van der Waals surface area contributed by atoms with Gasteiger partial charge in [-0.3, -0.25) is 0 Å². The molecule has 0 fully saturated rings. The molecule has 19 heavy (non-hydrogen) atoms. The van der Waals surface area contributed by atoms with Gasteiger partial charge in [0.2, 0.25) is 0 Å². The number of rotatable bonds is 9. The quantitative estimate of drug-likeness (QED) is 0.614. The molecule has 0 saturated carbocycles. The van der Waals surface area contributed by atoms with E-state index < -0.39 is 0 Å². The lowest BCUT2D eigenvalue weighted by Crippen LogP contribution is -2.38. The number of nitrogens with one attached hydrogen (secondary N) is 1. The van der Waals surface area contributed by atoms with Gasteiger partial charge < -0.3 is 5.32 Å². The van der Waals surface area contributed by atoms with Crippen LogP contribution in [0.5, 0.6) is 0 Å². The Hall–Kier alpha value is -0.180. The molecule has 1 rings (SSSR count). The van der Waals surface area contributed by atoms with Crippen LogP contribution in [-0.2, 0) is 0 Å². The highest BCUT2D eigenvalue weighted by atomic mass is 35.5. The molecular formula is C16H26ClNS. The lowest BCUT2D eigenvalue weighted by Gasteiger charge is -2.27. The summed E-state index contributed by atoms with van der Waals surface area (Å²) in [6.07, 6.45) is 4.81. The van der Waals surface area contributed by atoms with E-state index in [9.17, 15) is 0 Å². The number of benzene rings is 1. The molecular weight excluding hydrogens is 274 g/mol. The minimum atomic E-state index is 0.580. The van der Waals surface area contributed by atoms with Crippen molar-refractivity contribution in [1.82, 2.24) is 5.32 Å². The zero-order valence-corrected chi connectivity index (χ0v) is 13.9. The maximum Gasteiger partial charge on any atom is 0.0541 e. The third-order valence-corrected chi connectivity index (χ3v) is 5.24. The molecule has 0 spiro atoms. The maximum atomic E-state index is 6.27. The third-order valence-electron chi connectivity index (χ3n) is 3.22. The van der Waals surface area contributed by atoms with Gasteiger partial charge in [0.1, 0.15) is 0 Å². The summed E-state index contributed by atoms with van der Waals surface area (Å²) in [5, 5.41) is 5.16. The molecule has 0 aromatic heterocycles. The first kappa shape index (κ1) is 16.9. The van der Waals surface area contributed by atoms with Gasteiger partial charge in [0.25, 0.3) is 0 Å². The summed E-state index contributed by atoms with van der Waals surface area (Å²) in [6.45, 7) is 7.85. The smallest absolute Gasteiger partial charge is 0.0541 e. The lowest BCUT2D eigenvalue weighted by molar-refractivity contribution is 0.454. The van der Waals surface area contributed by atoms with E-state index in [-0.39, 0.29) is 0 Å². The predicted molar refractivity (Wildman–Crippen MR) is 88.4 cm³/mol. The summed E-state index contributed by atoms with van der Waals surface area (Å²) in [4.78, 5) is 1.20. The van der Waals surface area contributed by atoms with E-state index in [1.807, 2.05) is 23.9 Å². The Balaban J connectivity index is 2.70. The van der Waals surface area contributed by atoms with E-state index in [4.69, 9.17) is 11.6 Å². The molecule has 2 unspecified atom stereocenters. The van der Waals surface area contributed by atoms with Gasteiger partial charge in [-0.25, -0.2) is 0 Å². The van der Waals surface area contributed by atoms with Crippen molar-refractivity contribution in [3.8, 4) is 0 Å². The topological polar surface area (TPSA) is 12.0 Å². The average Bonchev–Trinajstić information content (AvgIpc) is 2.43. The van der Waals surface area contributed by atoms with Crippen LogP contribution >= 0.6 is 23.4 Å². The van der Waals surface area contributed by atoms with Gasteiger partial charge in [0.15, 0.2) is 0 Å². The maximum absolute atomic E-state index is 6.27. The van der Waals surface area contributed by atoms with Crippen LogP contribution in [0.2, 0.25) is 5.02 Å². The molecule has 0 heterocycles. The van der Waals surface area contributed by atoms with Crippen LogP contribution in [0.4, 0.5) is 0 Å². The summed E-state index contributed by atoms with van der Waals surface area (Å²) in [7, 11) is 0. The second-order valence-corrected chi connectivity index (χ2v) is 6.53. The van der Waals surface area contributed by atoms with Gasteiger partial charge in [-0.15, -0.1) is 11.8 Å². The monoisotopic (exact) mass is 299 g/mol. The first-order valence-corrected chi connectivity index (χ1v) is 8.63. The number of hydrogen-bond acceptors (Lipinski definition) is 2. The highest BCUT2D eigenvalue weighted by Crippen LogP contribution is 2.33. The van der Waals surface area contributed by atoms with Crippen molar-refractivity contribution in [2.75, 3.05) is 6.54 Å². The van der Waals surface area contributed by atoms with E-state index in [1.54, 1.807) is 0 Å². The molecule has 0 aliphatic heterocycles. The van der Waals surface area contributed by atoms with Crippen LogP contribution in [0.3, 0.4) is 0 Å². The summed E-state index contributed by atoms with van der Waals surface area (Å²) in [5.41, 5.74) is 0. The molecule has 0 aliphatic carbocycles. The molecule has 1 N–H and O–H groups in total. The summed E-state index contributed by atoms with van der Waals surface area (Å²) in [6, 6.07) is 8.74. The van der Waals surface area contributed by atoms with Crippen LogP contribution in [0.25, 0.3) is 0 Å². The highest BCUT2D eigenvalue weighted by Gasteiger charge is 2.20. The van der Waals surface area contributed by atoms with Gasteiger partial charge in [0.05, 0.1) is 5.02 Å². The Morgan fingerprint density at radius 3 is 2.47 bits per heavy atom. The molecule has 0 bridgehead atoms. The summed E-state index contributed by atoms with van der Waals surface area (Å²) >= 11 is 8.19. The molecule has 2 atom stereocenters. The Morgan fingerprint density at radius 2 is 1.89 bits per heavy atom. The number of halogens is 1. The van der Waals surface area contributed by atoms with Gasteiger partial charge in [0, 0.05) is 16.2 Å². The van der Waals surface area contributed by atoms with Crippen LogP contribution in [0.1, 0.15) is 46.5 Å². The molecule has 0 aliphatic rings.